The van der Waals surface area contributed by atoms with Crippen LogP contribution in [-0.4, -0.2) is 17.2 Å². The number of ether oxygens (including phenoxy) is 1. The Hall–Kier alpha value is -2.24. The number of rotatable bonds is 4. The summed E-state index contributed by atoms with van der Waals surface area (Å²) >= 11 is 0. The van der Waals surface area contributed by atoms with Gasteiger partial charge in [-0.2, -0.15) is 0 Å². The molecular weight excluding hydrogens is 259 g/mol. The summed E-state index contributed by atoms with van der Waals surface area (Å²) in [6.07, 6.45) is -2.34. The number of aldehydes is 1. The summed E-state index contributed by atoms with van der Waals surface area (Å²) in [6.45, 7) is 0.302. The number of hydrogen-bond acceptors (Lipinski definition) is 2. The smallest absolute Gasteiger partial charge is 0.406 e. The molecule has 1 heterocycles. The summed E-state index contributed by atoms with van der Waals surface area (Å²) in [4.78, 5) is 10.7. The zero-order valence-corrected chi connectivity index (χ0v) is 9.72. The SMILES string of the molecule is O=Cc1cccn1Cc1cccc(OC(F)(F)F)c1. The number of hydrogen-bond donors (Lipinski definition) is 0. The van der Waals surface area contributed by atoms with Gasteiger partial charge >= 0.3 is 6.36 Å². The second-order valence-corrected chi connectivity index (χ2v) is 3.87. The molecule has 0 aliphatic heterocycles. The molecule has 3 nitrogen and oxygen atoms in total. The average molecular weight is 269 g/mol. The van der Waals surface area contributed by atoms with Crippen LogP contribution >= 0.6 is 0 Å². The minimum Gasteiger partial charge on any atom is -0.406 e. The zero-order valence-electron chi connectivity index (χ0n) is 9.72. The lowest BCUT2D eigenvalue weighted by molar-refractivity contribution is -0.274. The van der Waals surface area contributed by atoms with E-state index in [-0.39, 0.29) is 5.75 Å². The van der Waals surface area contributed by atoms with Crippen molar-refractivity contribution in [1.29, 1.82) is 0 Å². The third-order valence-electron chi connectivity index (χ3n) is 2.47. The highest BCUT2D eigenvalue weighted by molar-refractivity contribution is 5.72. The van der Waals surface area contributed by atoms with E-state index in [1.807, 2.05) is 0 Å². The molecule has 0 saturated carbocycles. The molecule has 0 bridgehead atoms. The van der Waals surface area contributed by atoms with Gasteiger partial charge in [0.15, 0.2) is 6.29 Å². The fourth-order valence-corrected chi connectivity index (χ4v) is 1.72. The normalized spacial score (nSPS) is 11.3. The van der Waals surface area contributed by atoms with Gasteiger partial charge in [-0.05, 0) is 29.8 Å². The highest BCUT2D eigenvalue weighted by atomic mass is 19.4. The maximum Gasteiger partial charge on any atom is 0.573 e. The summed E-state index contributed by atoms with van der Waals surface area (Å²) < 4.78 is 41.8. The lowest BCUT2D eigenvalue weighted by Gasteiger charge is -2.11. The molecule has 19 heavy (non-hydrogen) atoms. The van der Waals surface area contributed by atoms with E-state index in [1.165, 1.54) is 18.2 Å². The lowest BCUT2D eigenvalue weighted by atomic mass is 10.2. The van der Waals surface area contributed by atoms with Crippen LogP contribution in [0.1, 0.15) is 16.1 Å². The van der Waals surface area contributed by atoms with Crippen molar-refractivity contribution in [2.75, 3.05) is 0 Å². The van der Waals surface area contributed by atoms with Crippen molar-refractivity contribution in [2.24, 2.45) is 0 Å². The molecule has 1 aromatic heterocycles. The monoisotopic (exact) mass is 269 g/mol. The van der Waals surface area contributed by atoms with Gasteiger partial charge in [-0.15, -0.1) is 13.2 Å². The molecule has 2 rings (SSSR count). The molecule has 0 aliphatic carbocycles. The summed E-state index contributed by atoms with van der Waals surface area (Å²) in [5.41, 5.74) is 1.07. The number of carbonyl (C=O) groups is 1. The molecular formula is C13H10F3NO2. The Kier molecular flexibility index (Phi) is 3.59. The highest BCUT2D eigenvalue weighted by Crippen LogP contribution is 2.23. The summed E-state index contributed by atoms with van der Waals surface area (Å²) in [7, 11) is 0. The first-order valence-electron chi connectivity index (χ1n) is 5.43. The standard InChI is InChI=1S/C13H10F3NO2/c14-13(15,16)19-12-5-1-3-10(7-12)8-17-6-2-4-11(17)9-18/h1-7,9H,8H2. The fourth-order valence-electron chi connectivity index (χ4n) is 1.72. The molecule has 0 saturated heterocycles. The first-order chi connectivity index (χ1) is 8.98. The molecule has 0 spiro atoms. The van der Waals surface area contributed by atoms with E-state index in [9.17, 15) is 18.0 Å². The van der Waals surface area contributed by atoms with E-state index in [0.717, 1.165) is 0 Å². The van der Waals surface area contributed by atoms with Crippen molar-refractivity contribution < 1.29 is 22.7 Å². The molecule has 0 unspecified atom stereocenters. The van der Waals surface area contributed by atoms with Crippen LogP contribution < -0.4 is 4.74 Å². The van der Waals surface area contributed by atoms with E-state index in [2.05, 4.69) is 4.74 Å². The van der Waals surface area contributed by atoms with E-state index >= 15 is 0 Å². The van der Waals surface area contributed by atoms with Gasteiger partial charge in [0.2, 0.25) is 0 Å². The van der Waals surface area contributed by atoms with E-state index in [1.54, 1.807) is 29.0 Å². The molecule has 0 radical (unpaired) electrons. The highest BCUT2D eigenvalue weighted by Gasteiger charge is 2.31. The van der Waals surface area contributed by atoms with Crippen LogP contribution in [0.5, 0.6) is 5.75 Å². The molecule has 6 heteroatoms. The molecule has 0 atom stereocenters. The largest absolute Gasteiger partial charge is 0.573 e. The molecule has 100 valence electrons. The van der Waals surface area contributed by atoms with Crippen molar-refractivity contribution in [3.8, 4) is 5.75 Å². The summed E-state index contributed by atoms with van der Waals surface area (Å²) in [6, 6.07) is 8.98. The third kappa shape index (κ3) is 3.61. The van der Waals surface area contributed by atoms with Crippen LogP contribution in [0, 0.1) is 0 Å². The van der Waals surface area contributed by atoms with E-state index in [4.69, 9.17) is 0 Å². The number of nitrogens with zero attached hydrogens (tertiary/aromatic N) is 1. The topological polar surface area (TPSA) is 31.2 Å². The van der Waals surface area contributed by atoms with Crippen molar-refractivity contribution >= 4 is 6.29 Å². The number of alkyl halides is 3. The second kappa shape index (κ2) is 5.17. The predicted molar refractivity (Wildman–Crippen MR) is 62.0 cm³/mol. The van der Waals surface area contributed by atoms with Crippen LogP contribution in [0.2, 0.25) is 0 Å². The Labute approximate surface area is 107 Å². The van der Waals surface area contributed by atoms with E-state index in [0.29, 0.717) is 24.1 Å². The quantitative estimate of drug-likeness (QED) is 0.798. The summed E-state index contributed by atoms with van der Waals surface area (Å²) in [5, 5.41) is 0. The lowest BCUT2D eigenvalue weighted by Crippen LogP contribution is -2.17. The molecule has 0 N–H and O–H groups in total. The van der Waals surface area contributed by atoms with Gasteiger partial charge in [0, 0.05) is 12.7 Å². The van der Waals surface area contributed by atoms with Crippen LogP contribution in [0.4, 0.5) is 13.2 Å². The summed E-state index contributed by atoms with van der Waals surface area (Å²) in [5.74, 6) is -0.273. The van der Waals surface area contributed by atoms with Crippen LogP contribution in [-0.2, 0) is 6.54 Å². The Morgan fingerprint density at radius 1 is 1.21 bits per heavy atom. The molecule has 2 aromatic rings. The molecule has 0 amide bonds. The fraction of sp³-hybridized carbons (Fsp3) is 0.154. The first kappa shape index (κ1) is 13.2. The van der Waals surface area contributed by atoms with Crippen LogP contribution in [0.3, 0.4) is 0 Å². The minimum absolute atomic E-state index is 0.273. The van der Waals surface area contributed by atoms with Gasteiger partial charge in [-0.3, -0.25) is 4.79 Å². The Bertz CT molecular complexity index is 575. The van der Waals surface area contributed by atoms with Crippen LogP contribution in [0.15, 0.2) is 42.6 Å². The van der Waals surface area contributed by atoms with Crippen molar-refractivity contribution in [3.63, 3.8) is 0 Å². The molecule has 0 aliphatic rings. The number of benzene rings is 1. The van der Waals surface area contributed by atoms with Gasteiger partial charge in [-0.1, -0.05) is 12.1 Å². The van der Waals surface area contributed by atoms with Gasteiger partial charge in [0.05, 0.1) is 5.69 Å². The van der Waals surface area contributed by atoms with Gasteiger partial charge in [-0.25, -0.2) is 0 Å². The van der Waals surface area contributed by atoms with Crippen LogP contribution in [0.25, 0.3) is 0 Å². The predicted octanol–water partition coefficient (Wildman–Crippen LogP) is 3.25. The molecule has 1 aromatic carbocycles. The average Bonchev–Trinajstić information content (AvgIpc) is 2.74. The Morgan fingerprint density at radius 3 is 2.68 bits per heavy atom. The maximum atomic E-state index is 12.1. The number of halogens is 3. The van der Waals surface area contributed by atoms with Crippen molar-refractivity contribution in [3.05, 3.63) is 53.9 Å². The van der Waals surface area contributed by atoms with Gasteiger partial charge in [0.1, 0.15) is 5.75 Å². The third-order valence-corrected chi connectivity index (χ3v) is 2.47. The Morgan fingerprint density at radius 2 is 2.00 bits per heavy atom. The maximum absolute atomic E-state index is 12.1. The van der Waals surface area contributed by atoms with Crippen molar-refractivity contribution in [2.45, 2.75) is 12.9 Å². The second-order valence-electron chi connectivity index (χ2n) is 3.87. The number of aromatic nitrogens is 1. The minimum atomic E-state index is -4.71. The van der Waals surface area contributed by atoms with Crippen molar-refractivity contribution in [1.82, 2.24) is 4.57 Å². The number of carbonyl (C=O) groups excluding carboxylic acids is 1. The zero-order chi connectivity index (χ0) is 13.9. The Balaban J connectivity index is 2.17. The van der Waals surface area contributed by atoms with Gasteiger partial charge in [0.25, 0.3) is 0 Å². The van der Waals surface area contributed by atoms with Gasteiger partial charge < -0.3 is 9.30 Å². The molecule has 0 fully saturated rings. The van der Waals surface area contributed by atoms with E-state index < -0.39 is 6.36 Å². The first-order valence-corrected chi connectivity index (χ1v) is 5.43.